The number of carboxylic acid groups (broad SMARTS) is 1. The Bertz CT molecular complexity index is 2290. The van der Waals surface area contributed by atoms with Gasteiger partial charge < -0.3 is 14.6 Å². The Balaban J connectivity index is 4.51. The maximum absolute atomic E-state index is 12.0. The van der Waals surface area contributed by atoms with Crippen molar-refractivity contribution < 1.29 is 157 Å². The monoisotopic (exact) mass is 998 g/mol. The van der Waals surface area contributed by atoms with Crippen LogP contribution in [0.5, 0.6) is 0 Å². The van der Waals surface area contributed by atoms with Gasteiger partial charge in [-0.1, -0.05) is 0 Å². The van der Waals surface area contributed by atoms with Crippen molar-refractivity contribution in [3.8, 4) is 0 Å². The molecular weight excluding hydrogens is 977 g/mol. The van der Waals surface area contributed by atoms with Crippen molar-refractivity contribution in [3.63, 3.8) is 0 Å². The summed E-state index contributed by atoms with van der Waals surface area (Å²) in [5, 5.41) is 9.57. The molecule has 1 aliphatic heterocycles. The second kappa shape index (κ2) is 18.7. The van der Waals surface area contributed by atoms with Gasteiger partial charge in [-0.25, -0.2) is 38.3 Å². The summed E-state index contributed by atoms with van der Waals surface area (Å²) in [5.41, 5.74) is 0. The molecule has 1 rings (SSSR count). The molecule has 0 aromatic rings. The molecule has 334 valence electrons. The second-order valence-electron chi connectivity index (χ2n) is 9.37. The number of ether oxygens (including phenoxy) is 2. The van der Waals surface area contributed by atoms with Crippen molar-refractivity contribution in [3.05, 3.63) is 0 Å². The molecule has 0 saturated carbocycles. The van der Waals surface area contributed by atoms with E-state index in [9.17, 15) is 100 Å². The zero-order valence-corrected chi connectivity index (χ0v) is 32.0. The van der Waals surface area contributed by atoms with Crippen LogP contribution in [0.1, 0.15) is 0 Å². The van der Waals surface area contributed by atoms with E-state index in [1.165, 1.54) is 0 Å². The predicted molar refractivity (Wildman–Crippen MR) is 155 cm³/mol. The van der Waals surface area contributed by atoms with E-state index >= 15 is 0 Å². The molecule has 56 heavy (non-hydrogen) atoms. The Kier molecular flexibility index (Phi) is 17.5. The average Bonchev–Trinajstić information content (AvgIpc) is 2.89. The zero-order chi connectivity index (χ0) is 44.3. The van der Waals surface area contributed by atoms with E-state index in [1.807, 2.05) is 0 Å². The van der Waals surface area contributed by atoms with Crippen molar-refractivity contribution in [2.45, 2.75) is 55.1 Å². The lowest BCUT2D eigenvalue weighted by atomic mass is 9.98. The van der Waals surface area contributed by atoms with Crippen LogP contribution < -0.4 is 0 Å². The van der Waals surface area contributed by atoms with Crippen LogP contribution in [0.2, 0.25) is 0 Å². The fourth-order valence-corrected chi connectivity index (χ4v) is 7.36. The third-order valence-corrected chi connectivity index (χ3v) is 8.95. The SMILES string of the molecule is O=C(O)[C@H](OS(=O)(=O)O)[C@@H](OS(=O)(=O)O)[C@H](O[C@@H]1O[C@H](COS(=O)(=O)O)[C@H](OS(=O)(=O)O)[C@H](OS(=O)(=O)O)[C@H]1OS(=O)(=O)O)[C@@H](COS(=O)(=O)O)OS(=O)(=O)O. The average molecular weight is 999 g/mol. The molecule has 0 radical (unpaired) electrons. The van der Waals surface area contributed by atoms with Gasteiger partial charge in [0.1, 0.15) is 36.6 Å². The van der Waals surface area contributed by atoms with Crippen LogP contribution in [-0.4, -0.2) is 183 Å². The van der Waals surface area contributed by atoms with Crippen LogP contribution in [0, 0.1) is 0 Å². The second-order valence-corrected chi connectivity index (χ2v) is 17.8. The highest BCUT2D eigenvalue weighted by atomic mass is 32.3. The van der Waals surface area contributed by atoms with Gasteiger partial charge in [0.05, 0.1) is 13.2 Å². The van der Waals surface area contributed by atoms with E-state index < -0.39 is 157 Å². The summed E-state index contributed by atoms with van der Waals surface area (Å²) in [6.45, 7) is -4.42. The fourth-order valence-electron chi connectivity index (χ4n) is 3.83. The minimum Gasteiger partial charge on any atom is -0.479 e. The summed E-state index contributed by atoms with van der Waals surface area (Å²) in [6.07, 6.45) is -32.3. The normalized spacial score (nSPS) is 24.5. The van der Waals surface area contributed by atoms with E-state index in [2.05, 4.69) is 33.5 Å². The molecule has 1 heterocycles. The van der Waals surface area contributed by atoms with Gasteiger partial charge in [0, 0.05) is 0 Å². The number of aliphatic carboxylic acids is 1. The van der Waals surface area contributed by atoms with Gasteiger partial charge in [0.15, 0.2) is 12.4 Å². The van der Waals surface area contributed by atoms with E-state index in [-0.39, 0.29) is 0 Å². The molecule has 0 aromatic heterocycles. The van der Waals surface area contributed by atoms with E-state index in [0.717, 1.165) is 0 Å². The quantitative estimate of drug-likeness (QED) is 0.0406. The maximum Gasteiger partial charge on any atom is 0.398 e. The predicted octanol–water partition coefficient (Wildman–Crippen LogP) is -7.05. The number of carboxylic acids is 1. The van der Waals surface area contributed by atoms with Crippen molar-refractivity contribution in [2.75, 3.05) is 13.2 Å². The first-order chi connectivity index (χ1) is 24.5. The lowest BCUT2D eigenvalue weighted by Crippen LogP contribution is -2.65. The summed E-state index contributed by atoms with van der Waals surface area (Å²) < 4.78 is 300. The van der Waals surface area contributed by atoms with Crippen LogP contribution in [0.25, 0.3) is 0 Å². The summed E-state index contributed by atoms with van der Waals surface area (Å²) >= 11 is 0. The summed E-state index contributed by atoms with van der Waals surface area (Å²) in [6, 6.07) is 0. The smallest absolute Gasteiger partial charge is 0.398 e. The maximum atomic E-state index is 12.0. The van der Waals surface area contributed by atoms with E-state index in [4.69, 9.17) is 23.1 Å². The molecule has 0 aromatic carbocycles. The highest BCUT2D eigenvalue weighted by Crippen LogP contribution is 2.35. The van der Waals surface area contributed by atoms with Gasteiger partial charge in [0.25, 0.3) is 0 Å². The van der Waals surface area contributed by atoms with Crippen LogP contribution >= 0.6 is 0 Å². The van der Waals surface area contributed by atoms with Gasteiger partial charge in [0.2, 0.25) is 6.10 Å². The molecule has 0 bridgehead atoms. The van der Waals surface area contributed by atoms with Gasteiger partial charge in [-0.2, -0.15) is 67.3 Å². The molecule has 9 N–H and O–H groups in total. The molecule has 36 nitrogen and oxygen atoms in total. The van der Waals surface area contributed by atoms with E-state index in [1.54, 1.807) is 0 Å². The van der Waals surface area contributed by atoms with E-state index in [0.29, 0.717) is 0 Å². The first-order valence-corrected chi connectivity index (χ1v) is 23.2. The molecule has 0 amide bonds. The molecule has 9 atom stereocenters. The van der Waals surface area contributed by atoms with Gasteiger partial charge in [-0.3, -0.25) is 36.4 Å². The Morgan fingerprint density at radius 2 is 0.911 bits per heavy atom. The highest BCUT2D eigenvalue weighted by Gasteiger charge is 2.57. The summed E-state index contributed by atoms with van der Waals surface area (Å²) in [7, 11) is -49.6. The Hall–Kier alpha value is -1.65. The Morgan fingerprint density at radius 3 is 1.29 bits per heavy atom. The molecule has 44 heteroatoms. The van der Waals surface area contributed by atoms with Crippen molar-refractivity contribution in [1.82, 2.24) is 0 Å². The molecule has 1 fully saturated rings. The van der Waals surface area contributed by atoms with Crippen LogP contribution in [-0.2, 0) is 131 Å². The minimum absolute atomic E-state index is 2.06. The number of hydrogen-bond acceptors (Lipinski definition) is 27. The third-order valence-electron chi connectivity index (χ3n) is 5.28. The van der Waals surface area contributed by atoms with Crippen molar-refractivity contribution in [1.29, 1.82) is 0 Å². The largest absolute Gasteiger partial charge is 0.479 e. The first kappa shape index (κ1) is 52.4. The number of rotatable bonds is 24. The lowest BCUT2D eigenvalue weighted by molar-refractivity contribution is -0.312. The molecule has 1 aliphatic rings. The van der Waals surface area contributed by atoms with Crippen molar-refractivity contribution in [2.24, 2.45) is 0 Å². The van der Waals surface area contributed by atoms with Crippen LogP contribution in [0.4, 0.5) is 0 Å². The molecule has 0 aliphatic carbocycles. The summed E-state index contributed by atoms with van der Waals surface area (Å²) in [5.74, 6) is -2.95. The minimum atomic E-state index is -6.46. The topological polar surface area (TPSA) is 565 Å². The Labute approximate surface area is 313 Å². The molecular formula is C12H22O36S8. The highest BCUT2D eigenvalue weighted by molar-refractivity contribution is 7.82. The van der Waals surface area contributed by atoms with Gasteiger partial charge in [-0.15, -0.1) is 0 Å². The number of carbonyl (C=O) groups is 1. The lowest BCUT2D eigenvalue weighted by Gasteiger charge is -2.45. The molecule has 1 saturated heterocycles. The zero-order valence-electron chi connectivity index (χ0n) is 25.4. The fraction of sp³-hybridized carbons (Fsp3) is 0.917. The number of hydrogen-bond donors (Lipinski definition) is 9. The molecule has 0 unspecified atom stereocenters. The van der Waals surface area contributed by atoms with Crippen LogP contribution in [0.15, 0.2) is 0 Å². The van der Waals surface area contributed by atoms with Gasteiger partial charge >= 0.3 is 89.2 Å². The van der Waals surface area contributed by atoms with Gasteiger partial charge in [-0.05, 0) is 0 Å². The third kappa shape index (κ3) is 21.4. The Morgan fingerprint density at radius 1 is 0.500 bits per heavy atom. The molecule has 0 spiro atoms. The first-order valence-electron chi connectivity index (χ1n) is 12.3. The van der Waals surface area contributed by atoms with Crippen LogP contribution in [0.3, 0.4) is 0 Å². The van der Waals surface area contributed by atoms with Crippen molar-refractivity contribution >= 4 is 89.2 Å². The summed E-state index contributed by atoms with van der Waals surface area (Å²) in [4.78, 5) is 12.0. The standard InChI is InChI=1S/C12H22O36S8/c13-11(14)9(47-55(33,34)35)7(45-53(27,28)29)5(4(43-51(21,22)23)2-40-50(18,19)20)42-12-10(48-56(36,37)38)8(46-54(30,31)32)6(44-52(24,25)26)3(41-12)1-39-49(15,16)17/h3-10,12H,1-2H2,(H,13,14)(H,15,16,17)(H,18,19,20)(H,21,22,23)(H,24,25,26)(H,27,28,29)(H,30,31,32)(H,33,34,35)(H,36,37,38)/t3-,4-,5-,6+,7+,8+,9-,10-,12+/m1/s1.